The number of rotatable bonds is 3. The third kappa shape index (κ3) is 2.68. The topological polar surface area (TPSA) is 17.1 Å². The highest BCUT2D eigenvalue weighted by molar-refractivity contribution is 9.10. The molecule has 0 N–H and O–H groups in total. The lowest BCUT2D eigenvalue weighted by Gasteiger charge is -2.07. The normalized spacial score (nSPS) is 12.9. The second-order valence-corrected chi connectivity index (χ2v) is 5.13. The molecular formula is C12H15BrO. The molecular weight excluding hydrogens is 240 g/mol. The number of carbonyl (C=O) groups excluding carboxylic acids is 1. The predicted octanol–water partition coefficient (Wildman–Crippen LogP) is 3.78. The first-order chi connectivity index (χ1) is 6.52. The van der Waals surface area contributed by atoms with Gasteiger partial charge in [0, 0.05) is 5.56 Å². The van der Waals surface area contributed by atoms with Crippen molar-refractivity contribution in [3.63, 3.8) is 0 Å². The highest BCUT2D eigenvalue weighted by Gasteiger charge is 2.11. The fourth-order valence-corrected chi connectivity index (χ4v) is 1.53. The van der Waals surface area contributed by atoms with Crippen LogP contribution in [0.15, 0.2) is 24.3 Å². The van der Waals surface area contributed by atoms with Crippen molar-refractivity contribution >= 4 is 21.7 Å². The lowest BCUT2D eigenvalue weighted by Crippen LogP contribution is -2.09. The zero-order valence-corrected chi connectivity index (χ0v) is 10.3. The van der Waals surface area contributed by atoms with E-state index in [1.54, 1.807) is 0 Å². The van der Waals surface area contributed by atoms with Crippen LogP contribution in [-0.2, 0) is 0 Å². The Bertz CT molecular complexity index is 312. The van der Waals surface area contributed by atoms with Crippen molar-refractivity contribution in [3.05, 3.63) is 35.4 Å². The summed E-state index contributed by atoms with van der Waals surface area (Å²) < 4.78 is 0. The molecule has 0 saturated heterocycles. The first-order valence-corrected chi connectivity index (χ1v) is 5.72. The van der Waals surface area contributed by atoms with Gasteiger partial charge in [-0.15, -0.1) is 0 Å². The van der Waals surface area contributed by atoms with Gasteiger partial charge in [-0.25, -0.2) is 0 Å². The monoisotopic (exact) mass is 254 g/mol. The van der Waals surface area contributed by atoms with Gasteiger partial charge in [0.25, 0.3) is 0 Å². The van der Waals surface area contributed by atoms with Gasteiger partial charge < -0.3 is 0 Å². The van der Waals surface area contributed by atoms with Gasteiger partial charge in [-0.05, 0) is 18.4 Å². The molecule has 1 rings (SSSR count). The van der Waals surface area contributed by atoms with Crippen molar-refractivity contribution in [2.75, 3.05) is 0 Å². The van der Waals surface area contributed by atoms with Crippen molar-refractivity contribution in [1.29, 1.82) is 0 Å². The molecule has 1 aromatic rings. The Balaban J connectivity index is 2.89. The van der Waals surface area contributed by atoms with Gasteiger partial charge in [0.2, 0.25) is 0 Å². The van der Waals surface area contributed by atoms with E-state index in [2.05, 4.69) is 29.8 Å². The quantitative estimate of drug-likeness (QED) is 0.593. The Morgan fingerprint density at radius 1 is 1.14 bits per heavy atom. The van der Waals surface area contributed by atoms with E-state index in [0.717, 1.165) is 5.56 Å². The van der Waals surface area contributed by atoms with E-state index in [1.165, 1.54) is 5.56 Å². The van der Waals surface area contributed by atoms with Gasteiger partial charge in [0.05, 0.1) is 4.83 Å². The van der Waals surface area contributed by atoms with E-state index in [-0.39, 0.29) is 10.6 Å². The van der Waals surface area contributed by atoms with Crippen molar-refractivity contribution in [1.82, 2.24) is 0 Å². The Morgan fingerprint density at radius 2 is 1.64 bits per heavy atom. The summed E-state index contributed by atoms with van der Waals surface area (Å²) in [4.78, 5) is 11.5. The smallest absolute Gasteiger partial charge is 0.176 e. The highest BCUT2D eigenvalue weighted by atomic mass is 79.9. The number of ketones is 1. The molecule has 0 unspecified atom stereocenters. The van der Waals surface area contributed by atoms with E-state index in [4.69, 9.17) is 0 Å². The molecule has 0 aliphatic carbocycles. The SMILES string of the molecule is CC(C)c1ccc(C(=O)[C@@H](C)Br)cc1. The molecule has 76 valence electrons. The first kappa shape index (κ1) is 11.4. The second-order valence-electron chi connectivity index (χ2n) is 3.76. The Morgan fingerprint density at radius 3 is 2.00 bits per heavy atom. The van der Waals surface area contributed by atoms with Crippen LogP contribution < -0.4 is 0 Å². The van der Waals surface area contributed by atoms with Gasteiger partial charge in [0.15, 0.2) is 5.78 Å². The Kier molecular flexibility index (Phi) is 3.87. The molecule has 0 heterocycles. The van der Waals surface area contributed by atoms with Crippen molar-refractivity contribution in [2.45, 2.75) is 31.5 Å². The van der Waals surface area contributed by atoms with Gasteiger partial charge in [-0.2, -0.15) is 0 Å². The molecule has 0 spiro atoms. The fraction of sp³-hybridized carbons (Fsp3) is 0.417. The molecule has 1 nitrogen and oxygen atoms in total. The van der Waals surface area contributed by atoms with E-state index in [9.17, 15) is 4.79 Å². The van der Waals surface area contributed by atoms with Crippen LogP contribution in [0.2, 0.25) is 0 Å². The van der Waals surface area contributed by atoms with Crippen LogP contribution in [0.25, 0.3) is 0 Å². The van der Waals surface area contributed by atoms with Crippen LogP contribution in [0.1, 0.15) is 42.6 Å². The van der Waals surface area contributed by atoms with Crippen molar-refractivity contribution < 1.29 is 4.79 Å². The lowest BCUT2D eigenvalue weighted by molar-refractivity contribution is 0.0996. The van der Waals surface area contributed by atoms with E-state index >= 15 is 0 Å². The van der Waals surface area contributed by atoms with Crippen LogP contribution in [-0.4, -0.2) is 10.6 Å². The molecule has 14 heavy (non-hydrogen) atoms. The lowest BCUT2D eigenvalue weighted by atomic mass is 10.00. The molecule has 0 saturated carbocycles. The summed E-state index contributed by atoms with van der Waals surface area (Å²) in [7, 11) is 0. The molecule has 0 radical (unpaired) electrons. The van der Waals surface area contributed by atoms with Crippen LogP contribution in [0, 0.1) is 0 Å². The Labute approximate surface area is 93.7 Å². The summed E-state index contributed by atoms with van der Waals surface area (Å²) in [6.45, 7) is 6.13. The van der Waals surface area contributed by atoms with Crippen LogP contribution >= 0.6 is 15.9 Å². The van der Waals surface area contributed by atoms with Crippen LogP contribution in [0.3, 0.4) is 0 Å². The maximum atomic E-state index is 11.6. The molecule has 0 amide bonds. The van der Waals surface area contributed by atoms with Crippen LogP contribution in [0.5, 0.6) is 0 Å². The van der Waals surface area contributed by atoms with Gasteiger partial charge in [-0.1, -0.05) is 54.0 Å². The number of hydrogen-bond donors (Lipinski definition) is 0. The largest absolute Gasteiger partial charge is 0.293 e. The number of carbonyl (C=O) groups is 1. The molecule has 1 atom stereocenters. The standard InChI is InChI=1S/C12H15BrO/c1-8(2)10-4-6-11(7-5-10)12(14)9(3)13/h4-9H,1-3H3/t9-/m1/s1. The predicted molar refractivity (Wildman–Crippen MR) is 63.3 cm³/mol. The third-order valence-corrected chi connectivity index (χ3v) is 2.64. The number of benzene rings is 1. The fourth-order valence-electron chi connectivity index (χ4n) is 1.26. The van der Waals surface area contributed by atoms with E-state index < -0.39 is 0 Å². The molecule has 0 aromatic heterocycles. The number of hydrogen-bond acceptors (Lipinski definition) is 1. The number of Topliss-reactive ketones (excluding diaryl/α,β-unsaturated/α-hetero) is 1. The van der Waals surface area contributed by atoms with E-state index in [0.29, 0.717) is 5.92 Å². The van der Waals surface area contributed by atoms with E-state index in [1.807, 2.05) is 31.2 Å². The number of alkyl halides is 1. The number of halogens is 1. The summed E-state index contributed by atoms with van der Waals surface area (Å²) in [5, 5.41) is 0. The van der Waals surface area contributed by atoms with Crippen molar-refractivity contribution in [2.24, 2.45) is 0 Å². The summed E-state index contributed by atoms with van der Waals surface area (Å²) in [6.07, 6.45) is 0. The first-order valence-electron chi connectivity index (χ1n) is 4.80. The van der Waals surface area contributed by atoms with Gasteiger partial charge >= 0.3 is 0 Å². The summed E-state index contributed by atoms with van der Waals surface area (Å²) in [5.74, 6) is 0.654. The second kappa shape index (κ2) is 4.74. The maximum absolute atomic E-state index is 11.6. The highest BCUT2D eigenvalue weighted by Crippen LogP contribution is 2.16. The molecule has 0 bridgehead atoms. The molecule has 0 aliphatic rings. The third-order valence-electron chi connectivity index (χ3n) is 2.22. The summed E-state index contributed by atoms with van der Waals surface area (Å²) >= 11 is 3.27. The van der Waals surface area contributed by atoms with Crippen LogP contribution in [0.4, 0.5) is 0 Å². The zero-order valence-electron chi connectivity index (χ0n) is 8.75. The zero-order chi connectivity index (χ0) is 10.7. The Hall–Kier alpha value is -0.630. The van der Waals surface area contributed by atoms with Gasteiger partial charge in [-0.3, -0.25) is 4.79 Å². The maximum Gasteiger partial charge on any atom is 0.176 e. The van der Waals surface area contributed by atoms with Crippen molar-refractivity contribution in [3.8, 4) is 0 Å². The average molecular weight is 255 g/mol. The molecule has 1 aromatic carbocycles. The minimum Gasteiger partial charge on any atom is -0.293 e. The molecule has 0 fully saturated rings. The molecule has 2 heteroatoms. The summed E-state index contributed by atoms with van der Waals surface area (Å²) in [5.41, 5.74) is 2.04. The minimum absolute atomic E-state index is 0.104. The summed E-state index contributed by atoms with van der Waals surface area (Å²) in [6, 6.07) is 7.84. The molecule has 0 aliphatic heterocycles. The van der Waals surface area contributed by atoms with Gasteiger partial charge in [0.1, 0.15) is 0 Å². The minimum atomic E-state index is -0.104. The average Bonchev–Trinajstić information content (AvgIpc) is 2.16.